The van der Waals surface area contributed by atoms with Gasteiger partial charge in [-0.1, -0.05) is 44.1 Å². The number of rotatable bonds is 2. The molecular formula is C24H38O. The molecule has 140 valence electrons. The van der Waals surface area contributed by atoms with Crippen LogP contribution in [0.15, 0.2) is 23.3 Å². The van der Waals surface area contributed by atoms with Crippen molar-refractivity contribution >= 4 is 0 Å². The molecule has 3 unspecified atom stereocenters. The van der Waals surface area contributed by atoms with Crippen LogP contribution in [0.4, 0.5) is 0 Å². The predicted molar refractivity (Wildman–Crippen MR) is 105 cm³/mol. The maximum atomic E-state index is 10.1. The van der Waals surface area contributed by atoms with E-state index in [1.807, 2.05) is 0 Å². The Morgan fingerprint density at radius 2 is 1.96 bits per heavy atom. The average molecular weight is 343 g/mol. The van der Waals surface area contributed by atoms with E-state index in [2.05, 4.69) is 39.8 Å². The molecule has 0 aromatic rings. The molecule has 0 spiro atoms. The molecule has 0 aliphatic heterocycles. The summed E-state index contributed by atoms with van der Waals surface area (Å²) in [7, 11) is 0. The van der Waals surface area contributed by atoms with Crippen LogP contribution in [0.5, 0.6) is 0 Å². The van der Waals surface area contributed by atoms with E-state index in [9.17, 15) is 5.11 Å². The van der Waals surface area contributed by atoms with Crippen LogP contribution in [0, 0.1) is 34.5 Å². The monoisotopic (exact) mass is 342 g/mol. The maximum absolute atomic E-state index is 10.1. The smallest absolute Gasteiger partial charge is 0.0577 e. The van der Waals surface area contributed by atoms with Crippen molar-refractivity contribution in [3.8, 4) is 0 Å². The lowest BCUT2D eigenvalue weighted by Gasteiger charge is -2.58. The predicted octanol–water partition coefficient (Wildman–Crippen LogP) is 6.28. The summed E-state index contributed by atoms with van der Waals surface area (Å²) in [4.78, 5) is 0. The highest BCUT2D eigenvalue weighted by Gasteiger charge is 2.58. The highest BCUT2D eigenvalue weighted by molar-refractivity contribution is 5.26. The van der Waals surface area contributed by atoms with Gasteiger partial charge in [-0.2, -0.15) is 0 Å². The molecular weight excluding hydrogens is 304 g/mol. The maximum Gasteiger partial charge on any atom is 0.0577 e. The van der Waals surface area contributed by atoms with Crippen LogP contribution in [0.25, 0.3) is 0 Å². The molecule has 3 saturated carbocycles. The lowest BCUT2D eigenvalue weighted by Crippen LogP contribution is -2.50. The second kappa shape index (κ2) is 6.25. The molecule has 0 aromatic carbocycles. The van der Waals surface area contributed by atoms with E-state index in [-0.39, 0.29) is 6.10 Å². The van der Waals surface area contributed by atoms with E-state index in [0.29, 0.717) is 10.8 Å². The summed E-state index contributed by atoms with van der Waals surface area (Å²) in [5.74, 6) is 3.50. The summed E-state index contributed by atoms with van der Waals surface area (Å²) >= 11 is 0. The molecule has 7 atom stereocenters. The first-order chi connectivity index (χ1) is 11.9. The number of hydrogen-bond acceptors (Lipinski definition) is 1. The molecule has 0 aromatic heterocycles. The number of aliphatic hydroxyl groups is 1. The number of fused-ring (bicyclic) bond motifs is 5. The third-order valence-electron chi connectivity index (χ3n) is 9.15. The lowest BCUT2D eigenvalue weighted by molar-refractivity contribution is -0.0454. The van der Waals surface area contributed by atoms with Crippen molar-refractivity contribution in [2.75, 3.05) is 0 Å². The van der Waals surface area contributed by atoms with Crippen LogP contribution in [0.3, 0.4) is 0 Å². The molecule has 0 bridgehead atoms. The van der Waals surface area contributed by atoms with Gasteiger partial charge in [0, 0.05) is 0 Å². The van der Waals surface area contributed by atoms with Crippen molar-refractivity contribution in [3.63, 3.8) is 0 Å². The van der Waals surface area contributed by atoms with Crippen LogP contribution in [-0.2, 0) is 0 Å². The summed E-state index contributed by atoms with van der Waals surface area (Å²) < 4.78 is 0. The number of hydrogen-bond donors (Lipinski definition) is 1. The standard InChI is InChI=1S/C24H38O/c1-5-6-16(2)20-9-10-21-19-8-7-17-15-18(25)11-13-23(17,3)22(19)12-14-24(20,21)4/h6-7,18-22,25H,5,8-15H2,1-4H3/t18-,19?,20+,21?,22?,23-,24+/m0/s1. The Bertz CT molecular complexity index is 587. The molecule has 25 heavy (non-hydrogen) atoms. The van der Waals surface area contributed by atoms with Crippen molar-refractivity contribution in [1.82, 2.24) is 0 Å². The first kappa shape index (κ1) is 17.8. The van der Waals surface area contributed by atoms with Crippen LogP contribution in [0.1, 0.15) is 85.5 Å². The molecule has 3 fully saturated rings. The Labute approximate surface area is 155 Å². The first-order valence-corrected chi connectivity index (χ1v) is 10.9. The minimum absolute atomic E-state index is 0.0811. The molecule has 4 rings (SSSR count). The summed E-state index contributed by atoms with van der Waals surface area (Å²) in [6, 6.07) is 0. The van der Waals surface area contributed by atoms with Crippen LogP contribution in [0.2, 0.25) is 0 Å². The van der Waals surface area contributed by atoms with Gasteiger partial charge < -0.3 is 5.11 Å². The molecule has 1 nitrogen and oxygen atoms in total. The number of aliphatic hydroxyl groups excluding tert-OH is 1. The fourth-order valence-corrected chi connectivity index (χ4v) is 7.85. The van der Waals surface area contributed by atoms with Gasteiger partial charge in [0.05, 0.1) is 6.10 Å². The van der Waals surface area contributed by atoms with Crippen LogP contribution < -0.4 is 0 Å². The zero-order valence-corrected chi connectivity index (χ0v) is 16.9. The van der Waals surface area contributed by atoms with Crippen LogP contribution in [-0.4, -0.2) is 11.2 Å². The zero-order valence-electron chi connectivity index (χ0n) is 16.9. The SMILES string of the molecule is CCC=C(C)[C@H]1CCC2C3CC=C4C[C@@H](O)CC[C@]4(C)C3CC[C@@]21C. The van der Waals surface area contributed by atoms with Crippen molar-refractivity contribution in [2.24, 2.45) is 34.5 Å². The van der Waals surface area contributed by atoms with Crippen molar-refractivity contribution in [3.05, 3.63) is 23.3 Å². The highest BCUT2D eigenvalue weighted by Crippen LogP contribution is 2.67. The Hall–Kier alpha value is -0.560. The molecule has 1 N–H and O–H groups in total. The van der Waals surface area contributed by atoms with Gasteiger partial charge in [0.15, 0.2) is 0 Å². The number of allylic oxidation sites excluding steroid dienone is 3. The summed E-state index contributed by atoms with van der Waals surface area (Å²) in [6.45, 7) is 9.85. The third-order valence-corrected chi connectivity index (χ3v) is 9.15. The van der Waals surface area contributed by atoms with Gasteiger partial charge in [0.2, 0.25) is 0 Å². The summed E-state index contributed by atoms with van der Waals surface area (Å²) in [5.41, 5.74) is 4.19. The minimum Gasteiger partial charge on any atom is -0.393 e. The van der Waals surface area contributed by atoms with E-state index in [1.54, 1.807) is 11.1 Å². The second-order valence-corrected chi connectivity index (χ2v) is 10.2. The highest BCUT2D eigenvalue weighted by atomic mass is 16.3. The second-order valence-electron chi connectivity index (χ2n) is 10.2. The lowest BCUT2D eigenvalue weighted by atomic mass is 9.47. The van der Waals surface area contributed by atoms with E-state index >= 15 is 0 Å². The topological polar surface area (TPSA) is 20.2 Å². The quantitative estimate of drug-likeness (QED) is 0.585. The zero-order chi connectivity index (χ0) is 17.8. The van der Waals surface area contributed by atoms with E-state index in [0.717, 1.165) is 36.5 Å². The molecule has 0 heterocycles. The van der Waals surface area contributed by atoms with Gasteiger partial charge in [-0.3, -0.25) is 0 Å². The fraction of sp³-hybridized carbons (Fsp3) is 0.833. The van der Waals surface area contributed by atoms with Gasteiger partial charge in [0.1, 0.15) is 0 Å². The van der Waals surface area contributed by atoms with E-state index in [1.165, 1.54) is 44.9 Å². The Kier molecular flexibility index (Phi) is 4.46. The van der Waals surface area contributed by atoms with Gasteiger partial charge in [-0.25, -0.2) is 0 Å². The molecule has 1 heteroatoms. The Morgan fingerprint density at radius 1 is 1.16 bits per heavy atom. The normalized spacial score (nSPS) is 49.9. The van der Waals surface area contributed by atoms with Gasteiger partial charge in [-0.05, 0) is 99.2 Å². The van der Waals surface area contributed by atoms with Crippen molar-refractivity contribution < 1.29 is 5.11 Å². The third kappa shape index (κ3) is 2.59. The molecule has 0 radical (unpaired) electrons. The summed E-state index contributed by atoms with van der Waals surface area (Å²) in [5, 5.41) is 10.1. The van der Waals surface area contributed by atoms with Crippen molar-refractivity contribution in [1.29, 1.82) is 0 Å². The molecule has 4 aliphatic carbocycles. The van der Waals surface area contributed by atoms with Crippen molar-refractivity contribution in [2.45, 2.75) is 91.6 Å². The Balaban J connectivity index is 1.63. The van der Waals surface area contributed by atoms with Gasteiger partial charge in [0.25, 0.3) is 0 Å². The van der Waals surface area contributed by atoms with Crippen LogP contribution >= 0.6 is 0 Å². The Morgan fingerprint density at radius 3 is 2.72 bits per heavy atom. The van der Waals surface area contributed by atoms with Gasteiger partial charge in [-0.15, -0.1) is 0 Å². The molecule has 0 amide bonds. The fourth-order valence-electron chi connectivity index (χ4n) is 7.85. The molecule has 0 saturated heterocycles. The van der Waals surface area contributed by atoms with Gasteiger partial charge >= 0.3 is 0 Å². The first-order valence-electron chi connectivity index (χ1n) is 10.9. The van der Waals surface area contributed by atoms with E-state index < -0.39 is 0 Å². The summed E-state index contributed by atoms with van der Waals surface area (Å²) in [6.07, 6.45) is 16.3. The average Bonchev–Trinajstić information content (AvgIpc) is 2.93. The largest absolute Gasteiger partial charge is 0.393 e. The molecule has 4 aliphatic rings. The van der Waals surface area contributed by atoms with E-state index in [4.69, 9.17) is 0 Å². The minimum atomic E-state index is -0.0811.